The van der Waals surface area contributed by atoms with Crippen molar-refractivity contribution in [1.29, 1.82) is 0 Å². The van der Waals surface area contributed by atoms with Gasteiger partial charge >= 0.3 is 6.03 Å². The Morgan fingerprint density at radius 1 is 1.06 bits per heavy atom. The van der Waals surface area contributed by atoms with Crippen LogP contribution in [0.3, 0.4) is 0 Å². The van der Waals surface area contributed by atoms with Gasteiger partial charge in [0.1, 0.15) is 5.82 Å². The Bertz CT molecular complexity index is 1210. The second-order valence-electron chi connectivity index (χ2n) is 7.58. The van der Waals surface area contributed by atoms with Gasteiger partial charge < -0.3 is 10.2 Å². The summed E-state index contributed by atoms with van der Waals surface area (Å²) < 4.78 is 13.2. The van der Waals surface area contributed by atoms with Crippen LogP contribution in [-0.2, 0) is 16.2 Å². The number of para-hydroxylation sites is 1. The van der Waals surface area contributed by atoms with E-state index in [4.69, 9.17) is 11.6 Å². The lowest BCUT2D eigenvalue weighted by atomic mass is 10.1. The highest BCUT2D eigenvalue weighted by atomic mass is 35.5. The molecular weight excluding hydrogens is 449 g/mol. The lowest BCUT2D eigenvalue weighted by molar-refractivity contribution is -0.123. The summed E-state index contributed by atoms with van der Waals surface area (Å²) in [6.45, 7) is 0.725. The summed E-state index contributed by atoms with van der Waals surface area (Å²) >= 11 is 7.82. The third kappa shape index (κ3) is 3.32. The van der Waals surface area contributed by atoms with Crippen LogP contribution in [0.4, 0.5) is 20.6 Å². The van der Waals surface area contributed by atoms with Crippen molar-refractivity contribution in [3.63, 3.8) is 0 Å². The summed E-state index contributed by atoms with van der Waals surface area (Å²) in [5.74, 6) is 0.0679. The first kappa shape index (κ1) is 20.8. The van der Waals surface area contributed by atoms with Gasteiger partial charge in [-0.15, -0.1) is 11.8 Å². The maximum atomic E-state index is 13.9. The van der Waals surface area contributed by atoms with Gasteiger partial charge in [0, 0.05) is 28.6 Å². The van der Waals surface area contributed by atoms with Gasteiger partial charge in [-0.3, -0.25) is 9.69 Å². The van der Waals surface area contributed by atoms with Crippen molar-refractivity contribution in [3.05, 3.63) is 94.8 Å². The number of anilines is 2. The van der Waals surface area contributed by atoms with E-state index in [1.165, 1.54) is 36.0 Å². The van der Waals surface area contributed by atoms with Crippen molar-refractivity contribution in [2.24, 2.45) is 0 Å². The van der Waals surface area contributed by atoms with Gasteiger partial charge in [-0.25, -0.2) is 9.18 Å². The number of nitrogens with one attached hydrogen (secondary N) is 1. The van der Waals surface area contributed by atoms with E-state index in [9.17, 15) is 14.0 Å². The number of rotatable bonds is 3. The third-order valence-corrected chi connectivity index (χ3v) is 7.52. The van der Waals surface area contributed by atoms with Crippen LogP contribution >= 0.6 is 23.4 Å². The summed E-state index contributed by atoms with van der Waals surface area (Å²) in [6, 6.07) is 20.1. The second-order valence-corrected chi connectivity index (χ2v) is 9.28. The van der Waals surface area contributed by atoms with E-state index in [1.54, 1.807) is 15.9 Å². The molecule has 1 unspecified atom stereocenters. The Hall–Kier alpha value is -3.03. The SMILES string of the molecule is O=C(Nc1ccc(F)cc1)N1CCSC12C(=O)N(Cc1ccccc1Cl)c1ccccc12. The van der Waals surface area contributed by atoms with Crippen LogP contribution in [0, 0.1) is 5.82 Å². The number of amides is 3. The zero-order chi connectivity index (χ0) is 22.3. The Balaban J connectivity index is 1.51. The van der Waals surface area contributed by atoms with Gasteiger partial charge in [-0.05, 0) is 42.0 Å². The Labute approximate surface area is 194 Å². The van der Waals surface area contributed by atoms with Crippen molar-refractivity contribution < 1.29 is 14.0 Å². The average molecular weight is 468 g/mol. The Morgan fingerprint density at radius 3 is 2.56 bits per heavy atom. The topological polar surface area (TPSA) is 52.7 Å². The van der Waals surface area contributed by atoms with E-state index in [0.29, 0.717) is 29.6 Å². The minimum Gasteiger partial charge on any atom is -0.308 e. The molecule has 1 N–H and O–H groups in total. The first-order chi connectivity index (χ1) is 15.5. The summed E-state index contributed by atoms with van der Waals surface area (Å²) in [4.78, 5) is 29.3. The first-order valence-electron chi connectivity index (χ1n) is 10.1. The molecule has 8 heteroatoms. The highest BCUT2D eigenvalue weighted by Gasteiger charge is 2.59. The molecule has 1 spiro atoms. The summed E-state index contributed by atoms with van der Waals surface area (Å²) in [5.41, 5.74) is 2.86. The number of benzene rings is 3. The number of carbonyl (C=O) groups is 2. The molecule has 32 heavy (non-hydrogen) atoms. The van der Waals surface area contributed by atoms with Crippen molar-refractivity contribution in [2.45, 2.75) is 11.4 Å². The lowest BCUT2D eigenvalue weighted by Gasteiger charge is -2.33. The van der Waals surface area contributed by atoms with Gasteiger partial charge in [0.25, 0.3) is 5.91 Å². The van der Waals surface area contributed by atoms with E-state index >= 15 is 0 Å². The standard InChI is InChI=1S/C24H19ClFN3O2S/c25-20-7-3-1-5-16(20)15-28-21-8-4-2-6-19(21)24(22(28)30)29(13-14-32-24)23(31)27-18-11-9-17(26)10-12-18/h1-12H,13-15H2,(H,27,31). The van der Waals surface area contributed by atoms with Crippen molar-refractivity contribution in [2.75, 3.05) is 22.5 Å². The van der Waals surface area contributed by atoms with Crippen LogP contribution in [0.2, 0.25) is 5.02 Å². The van der Waals surface area contributed by atoms with Gasteiger partial charge in [0.05, 0.1) is 12.2 Å². The average Bonchev–Trinajstić information content (AvgIpc) is 3.34. The van der Waals surface area contributed by atoms with Crippen molar-refractivity contribution in [1.82, 2.24) is 4.90 Å². The fraction of sp³-hybridized carbons (Fsp3) is 0.167. The molecule has 1 saturated heterocycles. The van der Waals surface area contributed by atoms with E-state index in [1.807, 2.05) is 42.5 Å². The largest absolute Gasteiger partial charge is 0.323 e. The lowest BCUT2D eigenvalue weighted by Crippen LogP contribution is -2.51. The number of nitrogens with zero attached hydrogens (tertiary/aromatic N) is 2. The number of hydrogen-bond acceptors (Lipinski definition) is 3. The molecular formula is C24H19ClFN3O2S. The molecule has 0 aliphatic carbocycles. The van der Waals surface area contributed by atoms with Gasteiger partial charge in [0.15, 0.2) is 4.87 Å². The molecule has 3 amide bonds. The van der Waals surface area contributed by atoms with Gasteiger partial charge in [0.2, 0.25) is 0 Å². The highest BCUT2D eigenvalue weighted by molar-refractivity contribution is 8.01. The first-order valence-corrected chi connectivity index (χ1v) is 11.5. The summed E-state index contributed by atoms with van der Waals surface area (Å²) in [6.07, 6.45) is 0. The van der Waals surface area contributed by atoms with Crippen LogP contribution in [-0.4, -0.2) is 29.1 Å². The van der Waals surface area contributed by atoms with Crippen LogP contribution in [0.1, 0.15) is 11.1 Å². The zero-order valence-electron chi connectivity index (χ0n) is 16.9. The maximum absolute atomic E-state index is 13.9. The molecule has 0 radical (unpaired) electrons. The minimum absolute atomic E-state index is 0.171. The number of thioether (sulfide) groups is 1. The molecule has 1 atom stereocenters. The minimum atomic E-state index is -1.15. The second kappa shape index (κ2) is 8.15. The molecule has 2 heterocycles. The van der Waals surface area contributed by atoms with E-state index in [-0.39, 0.29) is 11.7 Å². The molecule has 0 aromatic heterocycles. The zero-order valence-corrected chi connectivity index (χ0v) is 18.5. The third-order valence-electron chi connectivity index (χ3n) is 5.73. The molecule has 162 valence electrons. The number of urea groups is 1. The Kier molecular flexibility index (Phi) is 5.31. The molecule has 0 saturated carbocycles. The molecule has 3 aromatic rings. The predicted molar refractivity (Wildman–Crippen MR) is 125 cm³/mol. The fourth-order valence-corrected chi connectivity index (χ4v) is 5.90. The highest BCUT2D eigenvalue weighted by Crippen LogP contribution is 2.54. The molecule has 5 rings (SSSR count). The van der Waals surface area contributed by atoms with E-state index in [0.717, 1.165) is 16.8 Å². The van der Waals surface area contributed by atoms with Crippen LogP contribution in [0.25, 0.3) is 0 Å². The molecule has 3 aromatic carbocycles. The van der Waals surface area contributed by atoms with Gasteiger partial charge in [-0.1, -0.05) is 48.0 Å². The molecule has 0 bridgehead atoms. The monoisotopic (exact) mass is 467 g/mol. The maximum Gasteiger partial charge on any atom is 0.323 e. The van der Waals surface area contributed by atoms with Crippen LogP contribution < -0.4 is 10.2 Å². The van der Waals surface area contributed by atoms with Crippen LogP contribution in [0.5, 0.6) is 0 Å². The van der Waals surface area contributed by atoms with Gasteiger partial charge in [-0.2, -0.15) is 0 Å². The van der Waals surface area contributed by atoms with E-state index in [2.05, 4.69) is 5.32 Å². The predicted octanol–water partition coefficient (Wildman–Crippen LogP) is 5.46. The van der Waals surface area contributed by atoms with E-state index < -0.39 is 10.9 Å². The van der Waals surface area contributed by atoms with Crippen molar-refractivity contribution in [3.8, 4) is 0 Å². The molecule has 5 nitrogen and oxygen atoms in total. The van der Waals surface area contributed by atoms with Crippen LogP contribution in [0.15, 0.2) is 72.8 Å². The number of halogens is 2. The van der Waals surface area contributed by atoms with Crippen molar-refractivity contribution >= 4 is 46.7 Å². The summed E-state index contributed by atoms with van der Waals surface area (Å²) in [5, 5.41) is 3.39. The number of hydrogen-bond donors (Lipinski definition) is 1. The molecule has 2 aliphatic rings. The fourth-order valence-electron chi connectivity index (χ4n) is 4.25. The molecule has 1 fully saturated rings. The summed E-state index contributed by atoms with van der Waals surface area (Å²) in [7, 11) is 0. The number of carbonyl (C=O) groups excluding carboxylic acids is 2. The Morgan fingerprint density at radius 2 is 1.78 bits per heavy atom. The quantitative estimate of drug-likeness (QED) is 0.556. The smallest absolute Gasteiger partial charge is 0.308 e. The normalized spacial score (nSPS) is 19.5. The molecule has 2 aliphatic heterocycles. The number of fused-ring (bicyclic) bond motifs is 2.